The minimum absolute atomic E-state index is 0.318. The van der Waals surface area contributed by atoms with Gasteiger partial charge in [0.25, 0.3) is 0 Å². The quantitative estimate of drug-likeness (QED) is 0.933. The van der Waals surface area contributed by atoms with Crippen LogP contribution >= 0.6 is 11.6 Å². The molecule has 2 aromatic rings. The fraction of sp³-hybridized carbons (Fsp3) is 0.467. The van der Waals surface area contributed by atoms with Crippen molar-refractivity contribution in [2.24, 2.45) is 0 Å². The molecule has 7 heteroatoms. The number of halogens is 1. The van der Waals surface area contributed by atoms with Crippen molar-refractivity contribution in [3.8, 4) is 22.9 Å². The average molecular weight is 324 g/mol. The van der Waals surface area contributed by atoms with Crippen molar-refractivity contribution >= 4 is 11.6 Å². The smallest absolute Gasteiger partial charge is 0.230 e. The van der Waals surface area contributed by atoms with E-state index < -0.39 is 0 Å². The van der Waals surface area contributed by atoms with Gasteiger partial charge in [-0.25, -0.2) is 0 Å². The molecule has 1 fully saturated rings. The lowest BCUT2D eigenvalue weighted by atomic mass is 9.98. The molecular weight excluding hydrogens is 306 g/mol. The molecule has 6 nitrogen and oxygen atoms in total. The van der Waals surface area contributed by atoms with Crippen molar-refractivity contribution in [2.45, 2.75) is 18.8 Å². The SMILES string of the molecule is COc1cc(-c2noc(C3CCNCC3)n2)cc(Cl)c1OC. The summed E-state index contributed by atoms with van der Waals surface area (Å²) < 4.78 is 16.0. The summed E-state index contributed by atoms with van der Waals surface area (Å²) in [6.45, 7) is 1.95. The first kappa shape index (κ1) is 15.1. The van der Waals surface area contributed by atoms with Crippen LogP contribution in [0.2, 0.25) is 5.02 Å². The maximum absolute atomic E-state index is 6.22. The predicted octanol–water partition coefficient (Wildman–Crippen LogP) is 2.87. The molecule has 1 aromatic heterocycles. The van der Waals surface area contributed by atoms with Gasteiger partial charge in [-0.2, -0.15) is 4.98 Å². The second kappa shape index (κ2) is 6.54. The van der Waals surface area contributed by atoms with Crippen LogP contribution in [-0.2, 0) is 0 Å². The molecule has 0 unspecified atom stereocenters. The lowest BCUT2D eigenvalue weighted by Crippen LogP contribution is -2.26. The standard InChI is InChI=1S/C15H18ClN3O3/c1-20-12-8-10(7-11(16)13(12)21-2)14-18-15(22-19-14)9-3-5-17-6-4-9/h7-9,17H,3-6H2,1-2H3. The monoisotopic (exact) mass is 323 g/mol. The van der Waals surface area contributed by atoms with Crippen LogP contribution in [0.25, 0.3) is 11.4 Å². The van der Waals surface area contributed by atoms with Gasteiger partial charge in [-0.05, 0) is 38.1 Å². The molecule has 0 amide bonds. The van der Waals surface area contributed by atoms with E-state index in [1.54, 1.807) is 26.4 Å². The van der Waals surface area contributed by atoms with Crippen molar-refractivity contribution in [2.75, 3.05) is 27.3 Å². The molecular formula is C15H18ClN3O3. The maximum atomic E-state index is 6.22. The highest BCUT2D eigenvalue weighted by Gasteiger charge is 2.22. The molecule has 1 N–H and O–H groups in total. The first-order valence-corrected chi connectivity index (χ1v) is 7.57. The van der Waals surface area contributed by atoms with Crippen LogP contribution in [0.15, 0.2) is 16.7 Å². The van der Waals surface area contributed by atoms with E-state index in [9.17, 15) is 0 Å². The van der Waals surface area contributed by atoms with E-state index in [4.69, 9.17) is 25.6 Å². The maximum Gasteiger partial charge on any atom is 0.230 e. The largest absolute Gasteiger partial charge is 0.493 e. The predicted molar refractivity (Wildman–Crippen MR) is 82.7 cm³/mol. The summed E-state index contributed by atoms with van der Waals surface area (Å²) in [4.78, 5) is 4.52. The number of rotatable bonds is 4. The molecule has 2 heterocycles. The van der Waals surface area contributed by atoms with Gasteiger partial charge < -0.3 is 19.3 Å². The van der Waals surface area contributed by atoms with Crippen molar-refractivity contribution < 1.29 is 14.0 Å². The number of methoxy groups -OCH3 is 2. The van der Waals surface area contributed by atoms with Crippen molar-refractivity contribution in [3.63, 3.8) is 0 Å². The summed E-state index contributed by atoms with van der Waals surface area (Å²) in [5.41, 5.74) is 0.742. The Morgan fingerprint density at radius 2 is 2.00 bits per heavy atom. The van der Waals surface area contributed by atoms with E-state index in [1.165, 1.54) is 0 Å². The Bertz CT molecular complexity index is 653. The van der Waals surface area contributed by atoms with Gasteiger partial charge in [0.15, 0.2) is 11.5 Å². The highest BCUT2D eigenvalue weighted by atomic mass is 35.5. The van der Waals surface area contributed by atoms with Gasteiger partial charge in [-0.15, -0.1) is 0 Å². The third-order valence-corrected chi connectivity index (χ3v) is 4.10. The molecule has 1 aliphatic heterocycles. The summed E-state index contributed by atoms with van der Waals surface area (Å²) in [7, 11) is 3.11. The second-order valence-corrected chi connectivity index (χ2v) is 5.58. The van der Waals surface area contributed by atoms with Crippen LogP contribution in [0.3, 0.4) is 0 Å². The van der Waals surface area contributed by atoms with Gasteiger partial charge in [-0.3, -0.25) is 0 Å². The third-order valence-electron chi connectivity index (χ3n) is 3.82. The number of nitrogens with zero attached hydrogens (tertiary/aromatic N) is 2. The molecule has 0 radical (unpaired) electrons. The third kappa shape index (κ3) is 2.89. The summed E-state index contributed by atoms with van der Waals surface area (Å²) >= 11 is 6.22. The highest BCUT2D eigenvalue weighted by Crippen LogP contribution is 2.38. The van der Waals surface area contributed by atoms with Crippen molar-refractivity contribution in [1.29, 1.82) is 0 Å². The molecule has 0 atom stereocenters. The van der Waals surface area contributed by atoms with E-state index in [1.807, 2.05) is 0 Å². The molecule has 118 valence electrons. The molecule has 0 bridgehead atoms. The first-order valence-electron chi connectivity index (χ1n) is 7.19. The van der Waals surface area contributed by atoms with Gasteiger partial charge >= 0.3 is 0 Å². The van der Waals surface area contributed by atoms with Gasteiger partial charge in [0.05, 0.1) is 19.2 Å². The Kier molecular flexibility index (Phi) is 4.49. The fourth-order valence-electron chi connectivity index (χ4n) is 2.63. The molecule has 1 aromatic carbocycles. The lowest BCUT2D eigenvalue weighted by Gasteiger charge is -2.18. The van der Waals surface area contributed by atoms with Crippen LogP contribution in [0, 0.1) is 0 Å². The molecule has 0 saturated carbocycles. The molecule has 0 spiro atoms. The Morgan fingerprint density at radius 3 is 2.68 bits per heavy atom. The summed E-state index contributed by atoms with van der Waals surface area (Å²) in [5, 5.41) is 7.84. The Balaban J connectivity index is 1.91. The second-order valence-electron chi connectivity index (χ2n) is 5.17. The molecule has 0 aliphatic carbocycles. The van der Waals surface area contributed by atoms with E-state index in [0.717, 1.165) is 31.5 Å². The Morgan fingerprint density at radius 1 is 1.23 bits per heavy atom. The number of benzene rings is 1. The van der Waals surface area contributed by atoms with E-state index in [2.05, 4.69) is 15.5 Å². The van der Waals surface area contributed by atoms with Crippen LogP contribution < -0.4 is 14.8 Å². The number of hydrogen-bond acceptors (Lipinski definition) is 6. The van der Waals surface area contributed by atoms with Crippen LogP contribution in [0.5, 0.6) is 11.5 Å². The Labute approximate surface area is 133 Å². The van der Waals surface area contributed by atoms with E-state index in [0.29, 0.717) is 34.2 Å². The number of nitrogens with one attached hydrogen (secondary N) is 1. The van der Waals surface area contributed by atoms with E-state index >= 15 is 0 Å². The average Bonchev–Trinajstić information content (AvgIpc) is 3.05. The van der Waals surface area contributed by atoms with Crippen LogP contribution in [0.4, 0.5) is 0 Å². The lowest BCUT2D eigenvalue weighted by molar-refractivity contribution is 0.320. The first-order chi connectivity index (χ1) is 10.7. The number of piperidine rings is 1. The van der Waals surface area contributed by atoms with Crippen molar-refractivity contribution in [3.05, 3.63) is 23.0 Å². The number of aromatic nitrogens is 2. The zero-order valence-corrected chi connectivity index (χ0v) is 13.3. The molecule has 1 aliphatic rings. The minimum Gasteiger partial charge on any atom is -0.493 e. The van der Waals surface area contributed by atoms with E-state index in [-0.39, 0.29) is 0 Å². The van der Waals surface area contributed by atoms with Crippen molar-refractivity contribution in [1.82, 2.24) is 15.5 Å². The molecule has 3 rings (SSSR count). The van der Waals surface area contributed by atoms with Gasteiger partial charge in [0.2, 0.25) is 11.7 Å². The van der Waals surface area contributed by atoms with Gasteiger partial charge in [0, 0.05) is 11.5 Å². The summed E-state index contributed by atoms with van der Waals surface area (Å²) in [6.07, 6.45) is 2.02. The summed E-state index contributed by atoms with van der Waals surface area (Å²) in [6, 6.07) is 3.54. The normalized spacial score (nSPS) is 15.8. The van der Waals surface area contributed by atoms with Crippen LogP contribution in [-0.4, -0.2) is 37.4 Å². The van der Waals surface area contributed by atoms with Gasteiger partial charge in [0.1, 0.15) is 0 Å². The van der Waals surface area contributed by atoms with Gasteiger partial charge in [-0.1, -0.05) is 16.8 Å². The zero-order chi connectivity index (χ0) is 15.5. The fourth-order valence-corrected chi connectivity index (χ4v) is 2.92. The zero-order valence-electron chi connectivity index (χ0n) is 12.6. The van der Waals surface area contributed by atoms with Crippen LogP contribution in [0.1, 0.15) is 24.7 Å². The molecule has 1 saturated heterocycles. The summed E-state index contributed by atoms with van der Waals surface area (Å²) in [5.74, 6) is 2.55. The topological polar surface area (TPSA) is 69.4 Å². The number of ether oxygens (including phenoxy) is 2. The molecule has 22 heavy (non-hydrogen) atoms. The Hall–Kier alpha value is -1.79. The minimum atomic E-state index is 0.318. The highest BCUT2D eigenvalue weighted by molar-refractivity contribution is 6.32. The number of hydrogen-bond donors (Lipinski definition) is 1.